The van der Waals surface area contributed by atoms with Crippen molar-refractivity contribution in [1.82, 2.24) is 19.6 Å². The van der Waals surface area contributed by atoms with Crippen LogP contribution < -0.4 is 0 Å². The van der Waals surface area contributed by atoms with Crippen LogP contribution in [-0.4, -0.2) is 31.1 Å². The average molecular weight is 383 g/mol. The van der Waals surface area contributed by atoms with Gasteiger partial charge < -0.3 is 0 Å². The van der Waals surface area contributed by atoms with Gasteiger partial charge in [0.25, 0.3) is 0 Å². The second-order valence-electron chi connectivity index (χ2n) is 3.92. The molecule has 2 aromatic heterocycles. The van der Waals surface area contributed by atoms with E-state index in [-0.39, 0.29) is 0 Å². The Morgan fingerprint density at radius 1 is 0.900 bits per heavy atom. The monoisotopic (exact) mass is 382 g/mol. The van der Waals surface area contributed by atoms with Gasteiger partial charge in [0, 0.05) is 25.6 Å². The molecule has 0 aromatic carbocycles. The van der Waals surface area contributed by atoms with E-state index in [1.54, 1.807) is 55.6 Å². The van der Waals surface area contributed by atoms with E-state index >= 15 is 0 Å². The van der Waals surface area contributed by atoms with Gasteiger partial charge in [-0.1, -0.05) is 46.2 Å². The highest BCUT2D eigenvalue weighted by Crippen LogP contribution is 2.25. The minimum Gasteiger partial charge on any atom is -0.247 e. The van der Waals surface area contributed by atoms with Crippen molar-refractivity contribution in [3.8, 4) is 0 Å². The van der Waals surface area contributed by atoms with Crippen LogP contribution in [0.3, 0.4) is 0 Å². The minimum absolute atomic E-state index is 0.833. The van der Waals surface area contributed by atoms with Crippen LogP contribution in [0, 0.1) is 7.91 Å². The predicted molar refractivity (Wildman–Crippen MR) is 94.5 cm³/mol. The molecule has 0 bridgehead atoms. The van der Waals surface area contributed by atoms with E-state index in [1.165, 1.54) is 12.8 Å². The lowest BCUT2D eigenvalue weighted by Crippen LogP contribution is -1.90. The quantitative estimate of drug-likeness (QED) is 0.401. The number of hydrogen-bond acceptors (Lipinski definition) is 8. The van der Waals surface area contributed by atoms with Gasteiger partial charge in [0.1, 0.15) is 0 Å². The summed E-state index contributed by atoms with van der Waals surface area (Å²) in [6.07, 6.45) is 2.35. The molecule has 0 unspecified atom stereocenters. The molecular formula is C10H14N4S6. The zero-order valence-electron chi connectivity index (χ0n) is 11.1. The molecule has 0 aliphatic carbocycles. The minimum atomic E-state index is 0.833. The van der Waals surface area contributed by atoms with Crippen LogP contribution >= 0.6 is 70.6 Å². The molecule has 110 valence electrons. The van der Waals surface area contributed by atoms with Crippen molar-refractivity contribution >= 4 is 70.6 Å². The van der Waals surface area contributed by atoms with Gasteiger partial charge in [0.15, 0.2) is 16.6 Å². The highest BCUT2D eigenvalue weighted by molar-refractivity contribution is 8.01. The maximum Gasteiger partial charge on any atom is 0.179 e. The van der Waals surface area contributed by atoms with Crippen molar-refractivity contribution in [3.05, 3.63) is 7.91 Å². The van der Waals surface area contributed by atoms with Gasteiger partial charge in [0.2, 0.25) is 0 Å². The van der Waals surface area contributed by atoms with Crippen LogP contribution in [0.1, 0.15) is 12.8 Å². The fourth-order valence-corrected chi connectivity index (χ4v) is 5.98. The van der Waals surface area contributed by atoms with E-state index in [0.29, 0.717) is 0 Å². The Hall–Kier alpha value is 0.260. The summed E-state index contributed by atoms with van der Waals surface area (Å²) < 4.78 is 7.31. The van der Waals surface area contributed by atoms with E-state index < -0.39 is 0 Å². The van der Waals surface area contributed by atoms with Crippen molar-refractivity contribution in [3.63, 3.8) is 0 Å². The average Bonchev–Trinajstić information content (AvgIpc) is 2.88. The maximum atomic E-state index is 5.15. The van der Waals surface area contributed by atoms with Gasteiger partial charge in [-0.15, -0.1) is 0 Å². The number of thioether (sulfide) groups is 2. The fraction of sp³-hybridized carbons (Fsp3) is 0.600. The lowest BCUT2D eigenvalue weighted by atomic mass is 10.4. The van der Waals surface area contributed by atoms with Crippen LogP contribution in [0.2, 0.25) is 0 Å². The van der Waals surface area contributed by atoms with E-state index in [9.17, 15) is 0 Å². The largest absolute Gasteiger partial charge is 0.247 e. The Morgan fingerprint density at radius 3 is 1.60 bits per heavy atom. The third-order valence-corrected chi connectivity index (χ3v) is 7.60. The van der Waals surface area contributed by atoms with E-state index in [1.807, 2.05) is 14.1 Å². The Kier molecular flexibility index (Phi) is 6.69. The van der Waals surface area contributed by atoms with Crippen molar-refractivity contribution in [2.75, 3.05) is 11.5 Å². The summed E-state index contributed by atoms with van der Waals surface area (Å²) in [7, 11) is 3.78. The summed E-state index contributed by atoms with van der Waals surface area (Å²) in [5, 5.41) is 8.71. The molecule has 0 atom stereocenters. The third kappa shape index (κ3) is 4.92. The fourth-order valence-electron chi connectivity index (χ4n) is 1.29. The van der Waals surface area contributed by atoms with Crippen LogP contribution in [0.15, 0.2) is 8.68 Å². The van der Waals surface area contributed by atoms with Gasteiger partial charge in [-0.3, -0.25) is 0 Å². The third-order valence-electron chi connectivity index (χ3n) is 2.33. The van der Waals surface area contributed by atoms with Gasteiger partial charge >= 0.3 is 0 Å². The standard InChI is InChI=1S/C10H14N4S6/c1-13-9(15)19-7(11-13)17-5-3-4-6-18-8-12-14(2)10(16)20-8/h3-6H2,1-2H3. The molecule has 0 saturated carbocycles. The molecular weight excluding hydrogens is 369 g/mol. The van der Waals surface area contributed by atoms with E-state index in [2.05, 4.69) is 10.2 Å². The lowest BCUT2D eigenvalue weighted by Gasteiger charge is -1.98. The number of nitrogens with zero attached hydrogens (tertiary/aromatic N) is 4. The van der Waals surface area contributed by atoms with Crippen molar-refractivity contribution in [1.29, 1.82) is 0 Å². The van der Waals surface area contributed by atoms with Crippen LogP contribution in [-0.2, 0) is 14.1 Å². The Balaban J connectivity index is 1.62. The molecule has 0 saturated heterocycles. The Labute approximate surface area is 144 Å². The number of rotatable bonds is 7. The Bertz CT molecular complexity index is 608. The topological polar surface area (TPSA) is 35.6 Å². The molecule has 0 N–H and O–H groups in total. The van der Waals surface area contributed by atoms with Crippen LogP contribution in [0.25, 0.3) is 0 Å². The predicted octanol–water partition coefficient (Wildman–Crippen LogP) is 4.40. The van der Waals surface area contributed by atoms with Gasteiger partial charge in [-0.25, -0.2) is 9.36 Å². The maximum absolute atomic E-state index is 5.15. The zero-order valence-corrected chi connectivity index (χ0v) is 16.0. The number of unbranched alkanes of at least 4 members (excludes halogenated alkanes) is 1. The first-order chi connectivity index (χ1) is 9.56. The molecule has 20 heavy (non-hydrogen) atoms. The summed E-state index contributed by atoms with van der Waals surface area (Å²) in [4.78, 5) is 0. The first kappa shape index (κ1) is 16.6. The zero-order chi connectivity index (χ0) is 14.5. The molecule has 0 radical (unpaired) electrons. The molecule has 0 fully saturated rings. The highest BCUT2D eigenvalue weighted by Gasteiger charge is 2.03. The molecule has 0 aliphatic rings. The summed E-state index contributed by atoms with van der Waals surface area (Å²) in [5.41, 5.74) is 0. The summed E-state index contributed by atoms with van der Waals surface area (Å²) in [5.74, 6) is 2.17. The number of hydrogen-bond donors (Lipinski definition) is 0. The Morgan fingerprint density at radius 2 is 1.30 bits per heavy atom. The van der Waals surface area contributed by atoms with Crippen molar-refractivity contribution < 1.29 is 0 Å². The SMILES string of the molecule is Cn1nc(SCCCCSc2nn(C)c(=S)s2)sc1=S. The summed E-state index contributed by atoms with van der Waals surface area (Å²) >= 11 is 17.0. The molecule has 0 aliphatic heterocycles. The molecule has 0 amide bonds. The van der Waals surface area contributed by atoms with Gasteiger partial charge in [0.05, 0.1) is 0 Å². The van der Waals surface area contributed by atoms with Gasteiger partial charge in [-0.2, -0.15) is 10.2 Å². The normalized spacial score (nSPS) is 11.1. The van der Waals surface area contributed by atoms with Crippen LogP contribution in [0.5, 0.6) is 0 Å². The summed E-state index contributed by atoms with van der Waals surface area (Å²) in [6, 6.07) is 0. The number of aryl methyl sites for hydroxylation is 2. The molecule has 2 heterocycles. The van der Waals surface area contributed by atoms with E-state index in [4.69, 9.17) is 24.4 Å². The molecule has 2 rings (SSSR count). The second kappa shape index (κ2) is 8.04. The molecule has 0 spiro atoms. The molecule has 2 aromatic rings. The summed E-state index contributed by atoms with van der Waals surface area (Å²) in [6.45, 7) is 0. The van der Waals surface area contributed by atoms with E-state index in [0.717, 1.165) is 28.1 Å². The second-order valence-corrected chi connectivity index (χ2v) is 9.85. The molecule has 4 nitrogen and oxygen atoms in total. The highest BCUT2D eigenvalue weighted by atomic mass is 32.2. The smallest absolute Gasteiger partial charge is 0.179 e. The molecule has 10 heteroatoms. The van der Waals surface area contributed by atoms with Gasteiger partial charge in [-0.05, 0) is 37.3 Å². The lowest BCUT2D eigenvalue weighted by molar-refractivity contribution is 0.728. The van der Waals surface area contributed by atoms with Crippen molar-refractivity contribution in [2.24, 2.45) is 14.1 Å². The first-order valence-electron chi connectivity index (χ1n) is 5.90. The first-order valence-corrected chi connectivity index (χ1v) is 10.3. The van der Waals surface area contributed by atoms with Crippen LogP contribution in [0.4, 0.5) is 0 Å². The van der Waals surface area contributed by atoms with Crippen molar-refractivity contribution in [2.45, 2.75) is 21.5 Å². The number of aromatic nitrogens is 4.